The van der Waals surface area contributed by atoms with Gasteiger partial charge < -0.3 is 11.1 Å². The third-order valence-corrected chi connectivity index (χ3v) is 3.36. The second-order valence-corrected chi connectivity index (χ2v) is 5.37. The van der Waals surface area contributed by atoms with Crippen LogP contribution >= 0.6 is 0 Å². The van der Waals surface area contributed by atoms with Gasteiger partial charge in [0.25, 0.3) is 0 Å². The summed E-state index contributed by atoms with van der Waals surface area (Å²) in [6, 6.07) is 12.3. The molecule has 0 atom stereocenters. The van der Waals surface area contributed by atoms with Crippen LogP contribution in [0.1, 0.15) is 25.8 Å². The fourth-order valence-corrected chi connectivity index (χ4v) is 2.22. The van der Waals surface area contributed by atoms with Gasteiger partial charge in [-0.3, -0.25) is 0 Å². The van der Waals surface area contributed by atoms with Crippen LogP contribution in [0.25, 0.3) is 11.1 Å². The highest BCUT2D eigenvalue weighted by atomic mass is 15.0. The lowest BCUT2D eigenvalue weighted by molar-refractivity contribution is 0.606. The number of benzene rings is 1. The Bertz CT molecular complexity index is 535. The molecule has 0 amide bonds. The molecule has 2 aromatic rings. The number of hydrogen-bond acceptors (Lipinski definition) is 3. The van der Waals surface area contributed by atoms with E-state index in [2.05, 4.69) is 36.3 Å². The van der Waals surface area contributed by atoms with Gasteiger partial charge in [0.2, 0.25) is 0 Å². The quantitative estimate of drug-likeness (QED) is 0.841. The molecule has 2 rings (SSSR count). The third kappa shape index (κ3) is 3.58. The molecule has 1 aromatic carbocycles. The Morgan fingerprint density at radius 3 is 2.55 bits per heavy atom. The Morgan fingerprint density at radius 2 is 1.90 bits per heavy atom. The molecule has 20 heavy (non-hydrogen) atoms. The van der Waals surface area contributed by atoms with Crippen molar-refractivity contribution in [2.75, 3.05) is 11.9 Å². The maximum absolute atomic E-state index is 5.94. The molecule has 0 aliphatic rings. The van der Waals surface area contributed by atoms with E-state index in [-0.39, 0.29) is 0 Å². The number of hydrogen-bond donors (Lipinski definition) is 2. The monoisotopic (exact) mass is 269 g/mol. The molecule has 3 nitrogen and oxygen atoms in total. The standard InChI is InChI=1S/C17H23N3/c1-13(2)8-10-19-17-16(12-18)15(9-11-20-17)14-6-4-3-5-7-14/h3-7,9,11,13H,8,10,12,18H2,1-2H3,(H,19,20). The normalized spacial score (nSPS) is 10.8. The zero-order valence-corrected chi connectivity index (χ0v) is 12.3. The van der Waals surface area contributed by atoms with Crippen LogP contribution in [0.3, 0.4) is 0 Å². The van der Waals surface area contributed by atoms with Crippen molar-refractivity contribution in [3.8, 4) is 11.1 Å². The van der Waals surface area contributed by atoms with Crippen molar-refractivity contribution in [1.82, 2.24) is 4.98 Å². The molecule has 106 valence electrons. The lowest BCUT2D eigenvalue weighted by atomic mass is 10.0. The van der Waals surface area contributed by atoms with Crippen molar-refractivity contribution in [3.63, 3.8) is 0 Å². The summed E-state index contributed by atoms with van der Waals surface area (Å²) in [6.45, 7) is 5.86. The van der Waals surface area contributed by atoms with Crippen LogP contribution in [0.2, 0.25) is 0 Å². The fourth-order valence-electron chi connectivity index (χ4n) is 2.22. The summed E-state index contributed by atoms with van der Waals surface area (Å²) in [5, 5.41) is 3.41. The molecule has 3 heteroatoms. The Hall–Kier alpha value is -1.87. The predicted molar refractivity (Wildman–Crippen MR) is 85.5 cm³/mol. The molecule has 0 bridgehead atoms. The molecule has 1 heterocycles. The minimum absolute atomic E-state index is 0.488. The van der Waals surface area contributed by atoms with Crippen LogP contribution in [0, 0.1) is 5.92 Å². The van der Waals surface area contributed by atoms with E-state index >= 15 is 0 Å². The molecule has 0 spiro atoms. The van der Waals surface area contributed by atoms with Crippen LogP contribution in [0.15, 0.2) is 42.6 Å². The van der Waals surface area contributed by atoms with Crippen molar-refractivity contribution in [1.29, 1.82) is 0 Å². The Kier molecular flexibility index (Phi) is 5.13. The van der Waals surface area contributed by atoms with E-state index in [1.165, 1.54) is 5.56 Å². The van der Waals surface area contributed by atoms with Crippen LogP contribution in [0.5, 0.6) is 0 Å². The highest BCUT2D eigenvalue weighted by Gasteiger charge is 2.09. The van der Waals surface area contributed by atoms with E-state index in [1.54, 1.807) is 0 Å². The van der Waals surface area contributed by atoms with Crippen LogP contribution in [-0.4, -0.2) is 11.5 Å². The van der Waals surface area contributed by atoms with Gasteiger partial charge in [-0.15, -0.1) is 0 Å². The number of nitrogens with one attached hydrogen (secondary N) is 1. The van der Waals surface area contributed by atoms with E-state index < -0.39 is 0 Å². The number of nitrogens with zero attached hydrogens (tertiary/aromatic N) is 1. The molecule has 1 aromatic heterocycles. The lowest BCUT2D eigenvalue weighted by Crippen LogP contribution is -2.11. The first-order valence-electron chi connectivity index (χ1n) is 7.19. The van der Waals surface area contributed by atoms with Gasteiger partial charge >= 0.3 is 0 Å². The molecule has 0 aliphatic heterocycles. The first kappa shape index (κ1) is 14.5. The molecular formula is C17H23N3. The minimum Gasteiger partial charge on any atom is -0.370 e. The maximum Gasteiger partial charge on any atom is 0.131 e. The molecule has 0 radical (unpaired) electrons. The second kappa shape index (κ2) is 7.06. The molecule has 0 aliphatic carbocycles. The number of aromatic nitrogens is 1. The summed E-state index contributed by atoms with van der Waals surface area (Å²) in [6.07, 6.45) is 2.97. The van der Waals surface area contributed by atoms with Crippen molar-refractivity contribution in [2.24, 2.45) is 11.7 Å². The van der Waals surface area contributed by atoms with Gasteiger partial charge in [0.05, 0.1) is 0 Å². The largest absolute Gasteiger partial charge is 0.370 e. The molecule has 0 saturated carbocycles. The lowest BCUT2D eigenvalue weighted by Gasteiger charge is -2.15. The second-order valence-electron chi connectivity index (χ2n) is 5.37. The Balaban J connectivity index is 2.26. The first-order chi connectivity index (χ1) is 9.72. The van der Waals surface area contributed by atoms with Gasteiger partial charge in [-0.2, -0.15) is 0 Å². The average molecular weight is 269 g/mol. The average Bonchev–Trinajstić information content (AvgIpc) is 2.47. The molecule has 3 N–H and O–H groups in total. The molecule has 0 saturated heterocycles. The van der Waals surface area contributed by atoms with Gasteiger partial charge in [0, 0.05) is 24.8 Å². The van der Waals surface area contributed by atoms with Crippen LogP contribution < -0.4 is 11.1 Å². The maximum atomic E-state index is 5.94. The number of rotatable bonds is 6. The van der Waals surface area contributed by atoms with Gasteiger partial charge in [0.15, 0.2) is 0 Å². The van der Waals surface area contributed by atoms with E-state index in [4.69, 9.17) is 5.73 Å². The predicted octanol–water partition coefficient (Wildman–Crippen LogP) is 3.67. The Labute approximate surface area is 121 Å². The summed E-state index contributed by atoms with van der Waals surface area (Å²) in [4.78, 5) is 4.44. The van der Waals surface area contributed by atoms with Crippen LogP contribution in [0.4, 0.5) is 5.82 Å². The first-order valence-corrected chi connectivity index (χ1v) is 7.19. The van der Waals surface area contributed by atoms with E-state index in [0.717, 1.165) is 29.9 Å². The zero-order chi connectivity index (χ0) is 14.4. The fraction of sp³-hybridized carbons (Fsp3) is 0.353. The van der Waals surface area contributed by atoms with E-state index in [1.807, 2.05) is 30.5 Å². The number of pyridine rings is 1. The van der Waals surface area contributed by atoms with Crippen molar-refractivity contribution >= 4 is 5.82 Å². The van der Waals surface area contributed by atoms with Crippen LogP contribution in [-0.2, 0) is 6.54 Å². The minimum atomic E-state index is 0.488. The summed E-state index contributed by atoms with van der Waals surface area (Å²) in [5.74, 6) is 1.59. The molecule has 0 fully saturated rings. The number of nitrogens with two attached hydrogens (primary N) is 1. The van der Waals surface area contributed by atoms with Gasteiger partial charge in [-0.25, -0.2) is 4.98 Å². The van der Waals surface area contributed by atoms with Gasteiger partial charge in [0.1, 0.15) is 5.82 Å². The molecule has 0 unspecified atom stereocenters. The SMILES string of the molecule is CC(C)CCNc1nccc(-c2ccccc2)c1CN. The van der Waals surface area contributed by atoms with E-state index in [0.29, 0.717) is 12.5 Å². The third-order valence-electron chi connectivity index (χ3n) is 3.36. The highest BCUT2D eigenvalue weighted by Crippen LogP contribution is 2.27. The summed E-state index contributed by atoms with van der Waals surface area (Å²) in [5.41, 5.74) is 9.37. The summed E-state index contributed by atoms with van der Waals surface area (Å²) < 4.78 is 0. The number of anilines is 1. The highest BCUT2D eigenvalue weighted by molar-refractivity contribution is 5.71. The zero-order valence-electron chi connectivity index (χ0n) is 12.3. The molecular weight excluding hydrogens is 246 g/mol. The van der Waals surface area contributed by atoms with Gasteiger partial charge in [-0.05, 0) is 29.5 Å². The van der Waals surface area contributed by atoms with Crippen molar-refractivity contribution in [3.05, 3.63) is 48.2 Å². The summed E-state index contributed by atoms with van der Waals surface area (Å²) in [7, 11) is 0. The van der Waals surface area contributed by atoms with Gasteiger partial charge in [-0.1, -0.05) is 44.2 Å². The summed E-state index contributed by atoms with van der Waals surface area (Å²) >= 11 is 0. The topological polar surface area (TPSA) is 50.9 Å². The van der Waals surface area contributed by atoms with E-state index in [9.17, 15) is 0 Å². The smallest absolute Gasteiger partial charge is 0.131 e. The Morgan fingerprint density at radius 1 is 1.15 bits per heavy atom. The van der Waals surface area contributed by atoms with Crippen molar-refractivity contribution < 1.29 is 0 Å². The van der Waals surface area contributed by atoms with Crippen molar-refractivity contribution in [2.45, 2.75) is 26.8 Å².